The zero-order chi connectivity index (χ0) is 9.42. The molecule has 2 rings (SSSR count). The topological polar surface area (TPSA) is 12.9 Å². The second-order valence-electron chi connectivity index (χ2n) is 2.36. The maximum Gasteiger partial charge on any atom is 0.0731 e. The van der Waals surface area contributed by atoms with E-state index in [9.17, 15) is 0 Å². The molecule has 0 amide bonds. The van der Waals surface area contributed by atoms with Crippen LogP contribution in [0.2, 0.25) is 10.0 Å². The predicted octanol–water partition coefficient (Wildman–Crippen LogP) is 3.54. The van der Waals surface area contributed by atoms with E-state index in [2.05, 4.69) is 4.98 Å². The Morgan fingerprint density at radius 1 is 1.25 bits per heavy atom. The Bertz CT molecular complexity index is 470. The van der Waals surface area contributed by atoms with Crippen LogP contribution in [0.15, 0.2) is 30.4 Å². The van der Waals surface area contributed by atoms with Crippen molar-refractivity contribution in [2.75, 3.05) is 0 Å². The molecule has 0 fully saturated rings. The van der Waals surface area contributed by atoms with Gasteiger partial charge in [0.05, 0.1) is 11.9 Å². The highest BCUT2D eigenvalue weighted by atomic mass is 35.5. The van der Waals surface area contributed by atoms with Crippen molar-refractivity contribution < 1.29 is 1.37 Å². The van der Waals surface area contributed by atoms with Gasteiger partial charge in [-0.05, 0) is 24.2 Å². The molecule has 1 heterocycles. The first-order valence-corrected chi connectivity index (χ1v) is 4.15. The lowest BCUT2D eigenvalue weighted by Gasteiger charge is -1.98. The van der Waals surface area contributed by atoms with Gasteiger partial charge in [0.15, 0.2) is 0 Å². The maximum absolute atomic E-state index is 7.63. The third-order valence-electron chi connectivity index (χ3n) is 1.57. The van der Waals surface area contributed by atoms with Crippen molar-refractivity contribution in [3.05, 3.63) is 40.5 Å². The first kappa shape index (κ1) is 6.70. The van der Waals surface area contributed by atoms with Crippen LogP contribution in [0.4, 0.5) is 0 Å². The molecule has 0 aliphatic heterocycles. The van der Waals surface area contributed by atoms with E-state index in [4.69, 9.17) is 24.6 Å². The van der Waals surface area contributed by atoms with Crippen LogP contribution in [-0.4, -0.2) is 4.98 Å². The monoisotopic (exact) mass is 198 g/mol. The van der Waals surface area contributed by atoms with Gasteiger partial charge >= 0.3 is 0 Å². The predicted molar refractivity (Wildman–Crippen MR) is 51.8 cm³/mol. The summed E-state index contributed by atoms with van der Waals surface area (Å²) in [6.45, 7) is 0. The summed E-state index contributed by atoms with van der Waals surface area (Å²) in [6, 6.07) is 5.34. The van der Waals surface area contributed by atoms with Gasteiger partial charge in [-0.1, -0.05) is 23.2 Å². The molecule has 0 bridgehead atoms. The van der Waals surface area contributed by atoms with Crippen LogP contribution in [0.5, 0.6) is 0 Å². The van der Waals surface area contributed by atoms with Gasteiger partial charge in [-0.25, -0.2) is 0 Å². The van der Waals surface area contributed by atoms with Crippen molar-refractivity contribution in [2.45, 2.75) is 0 Å². The summed E-state index contributed by atoms with van der Waals surface area (Å²) in [5.41, 5.74) is 0.542. The first-order chi connectivity index (χ1) is 6.20. The molecule has 0 saturated heterocycles. The minimum absolute atomic E-state index is 0.224. The summed E-state index contributed by atoms with van der Waals surface area (Å²) in [7, 11) is 0. The second-order valence-corrected chi connectivity index (χ2v) is 3.18. The van der Waals surface area contributed by atoms with Crippen molar-refractivity contribution in [2.24, 2.45) is 0 Å². The van der Waals surface area contributed by atoms with Crippen molar-refractivity contribution in [3.8, 4) is 0 Å². The van der Waals surface area contributed by atoms with E-state index in [1.165, 1.54) is 0 Å². The van der Waals surface area contributed by atoms with Gasteiger partial charge in [0.25, 0.3) is 0 Å². The summed E-state index contributed by atoms with van der Waals surface area (Å²) < 4.78 is 7.63. The molecular formula is C9H5Cl2N. The summed E-state index contributed by atoms with van der Waals surface area (Å²) in [6.07, 6.45) is 1.57. The van der Waals surface area contributed by atoms with Gasteiger partial charge in [0.1, 0.15) is 0 Å². The Balaban J connectivity index is 2.94. The Morgan fingerprint density at radius 3 is 2.92 bits per heavy atom. The average Bonchev–Trinajstić information content (AvgIpc) is 2.12. The van der Waals surface area contributed by atoms with Crippen LogP contribution < -0.4 is 0 Å². The van der Waals surface area contributed by atoms with E-state index in [1.807, 2.05) is 0 Å². The van der Waals surface area contributed by atoms with E-state index in [0.717, 1.165) is 5.39 Å². The lowest BCUT2D eigenvalue weighted by Crippen LogP contribution is -1.78. The molecule has 0 N–H and O–H groups in total. The summed E-state index contributed by atoms with van der Waals surface area (Å²) >= 11 is 11.7. The molecule has 2 aromatic rings. The minimum Gasteiger partial charge on any atom is -0.256 e. The zero-order valence-corrected chi connectivity index (χ0v) is 7.52. The third-order valence-corrected chi connectivity index (χ3v) is 2.12. The lowest BCUT2D eigenvalue weighted by molar-refractivity contribution is 1.41. The van der Waals surface area contributed by atoms with E-state index in [-0.39, 0.29) is 6.04 Å². The van der Waals surface area contributed by atoms with E-state index in [1.54, 1.807) is 24.4 Å². The maximum atomic E-state index is 7.63. The lowest BCUT2D eigenvalue weighted by atomic mass is 10.2. The summed E-state index contributed by atoms with van der Waals surface area (Å²) in [4.78, 5) is 4.05. The smallest absolute Gasteiger partial charge is 0.0731 e. The fourth-order valence-corrected chi connectivity index (χ4v) is 1.38. The van der Waals surface area contributed by atoms with Gasteiger partial charge < -0.3 is 0 Å². The Labute approximate surface area is 81.3 Å². The van der Waals surface area contributed by atoms with Gasteiger partial charge in [-0.3, -0.25) is 4.98 Å². The molecule has 0 radical (unpaired) electrons. The van der Waals surface area contributed by atoms with Crippen molar-refractivity contribution >= 4 is 34.1 Å². The normalized spacial score (nSPS) is 11.7. The Morgan fingerprint density at radius 2 is 2.08 bits per heavy atom. The highest BCUT2D eigenvalue weighted by Crippen LogP contribution is 2.23. The van der Waals surface area contributed by atoms with E-state index < -0.39 is 0 Å². The van der Waals surface area contributed by atoms with Gasteiger partial charge in [0.2, 0.25) is 0 Å². The van der Waals surface area contributed by atoms with Crippen LogP contribution in [0.25, 0.3) is 10.9 Å². The molecule has 3 heteroatoms. The number of aromatic nitrogens is 1. The molecule has 60 valence electrons. The van der Waals surface area contributed by atoms with Crippen molar-refractivity contribution in [1.29, 1.82) is 0 Å². The van der Waals surface area contributed by atoms with Crippen molar-refractivity contribution in [3.63, 3.8) is 0 Å². The number of nitrogens with zero attached hydrogens (tertiary/aromatic N) is 1. The minimum atomic E-state index is 0.224. The van der Waals surface area contributed by atoms with Crippen LogP contribution in [-0.2, 0) is 0 Å². The average molecular weight is 199 g/mol. The Kier molecular flexibility index (Phi) is 1.63. The quantitative estimate of drug-likeness (QED) is 0.632. The number of benzene rings is 1. The number of rotatable bonds is 0. The fourth-order valence-electron chi connectivity index (χ4n) is 1.02. The molecule has 12 heavy (non-hydrogen) atoms. The Hall–Kier alpha value is -0.790. The molecule has 0 unspecified atom stereocenters. The molecule has 1 nitrogen and oxygen atoms in total. The van der Waals surface area contributed by atoms with Gasteiger partial charge in [-0.15, -0.1) is 0 Å². The largest absolute Gasteiger partial charge is 0.256 e. The molecular weight excluding hydrogens is 193 g/mol. The van der Waals surface area contributed by atoms with Crippen LogP contribution >= 0.6 is 23.2 Å². The van der Waals surface area contributed by atoms with Crippen LogP contribution in [0.1, 0.15) is 1.37 Å². The highest BCUT2D eigenvalue weighted by molar-refractivity contribution is 6.36. The summed E-state index contributed by atoms with van der Waals surface area (Å²) in [5, 5.41) is 1.75. The summed E-state index contributed by atoms with van der Waals surface area (Å²) in [5.74, 6) is 0. The van der Waals surface area contributed by atoms with Crippen LogP contribution in [0, 0.1) is 0 Å². The molecule has 0 spiro atoms. The van der Waals surface area contributed by atoms with Gasteiger partial charge in [0, 0.05) is 16.6 Å². The zero-order valence-electron chi connectivity index (χ0n) is 7.01. The third kappa shape index (κ3) is 1.26. The van der Waals surface area contributed by atoms with Crippen LogP contribution in [0.3, 0.4) is 0 Å². The first-order valence-electron chi connectivity index (χ1n) is 3.89. The number of pyridine rings is 1. The number of halogens is 2. The second kappa shape index (κ2) is 2.92. The molecule has 0 saturated carbocycles. The molecule has 0 aliphatic rings. The van der Waals surface area contributed by atoms with Crippen molar-refractivity contribution in [1.82, 2.24) is 4.98 Å². The number of hydrogen-bond donors (Lipinski definition) is 0. The van der Waals surface area contributed by atoms with Gasteiger partial charge in [-0.2, -0.15) is 0 Å². The number of hydrogen-bond acceptors (Lipinski definition) is 1. The molecule has 0 aliphatic carbocycles. The SMILES string of the molecule is [2H]c1c(Cl)ccc2c(Cl)ccnc12. The van der Waals surface area contributed by atoms with E-state index >= 15 is 0 Å². The fraction of sp³-hybridized carbons (Fsp3) is 0. The molecule has 1 aromatic carbocycles. The highest BCUT2D eigenvalue weighted by Gasteiger charge is 1.98. The standard InChI is InChI=1S/C9H5Cl2N/c10-6-1-2-7-8(11)3-4-12-9(7)5-6/h1-5H/i5D. The molecule has 0 atom stereocenters. The molecule has 1 aromatic heterocycles. The van der Waals surface area contributed by atoms with E-state index in [0.29, 0.717) is 15.6 Å². The number of fused-ring (bicyclic) bond motifs is 1.